The topological polar surface area (TPSA) is 71.8 Å². The molecule has 0 saturated heterocycles. The molecular formula is C11H8F3N3O. The van der Waals surface area contributed by atoms with Crippen LogP contribution in [0.3, 0.4) is 0 Å². The molecule has 0 fully saturated rings. The number of hydrogen-bond acceptors (Lipinski definition) is 3. The van der Waals surface area contributed by atoms with Gasteiger partial charge in [-0.2, -0.15) is 18.3 Å². The van der Waals surface area contributed by atoms with Crippen molar-refractivity contribution in [1.29, 1.82) is 0 Å². The van der Waals surface area contributed by atoms with Crippen molar-refractivity contribution < 1.29 is 18.0 Å². The van der Waals surface area contributed by atoms with E-state index in [0.29, 0.717) is 0 Å². The van der Waals surface area contributed by atoms with Crippen LogP contribution >= 0.6 is 0 Å². The van der Waals surface area contributed by atoms with Crippen LogP contribution in [0.2, 0.25) is 0 Å². The van der Waals surface area contributed by atoms with Gasteiger partial charge in [0.05, 0.1) is 5.56 Å². The van der Waals surface area contributed by atoms with Gasteiger partial charge in [0.15, 0.2) is 0 Å². The number of nitrogen functional groups attached to an aromatic ring is 1. The van der Waals surface area contributed by atoms with Crippen LogP contribution in [0.4, 0.5) is 18.9 Å². The number of aromatic nitrogens is 2. The Bertz CT molecular complexity index is 576. The number of nitrogens with two attached hydrogens (primary N) is 1. The number of H-pyrrole nitrogens is 1. The number of rotatable bonds is 2. The molecule has 18 heavy (non-hydrogen) atoms. The molecule has 1 aromatic carbocycles. The molecule has 3 N–H and O–H groups in total. The van der Waals surface area contributed by atoms with Crippen molar-refractivity contribution in [1.82, 2.24) is 10.2 Å². The predicted molar refractivity (Wildman–Crippen MR) is 57.9 cm³/mol. The minimum Gasteiger partial charge on any atom is -0.398 e. The van der Waals surface area contributed by atoms with Crippen molar-refractivity contribution in [3.8, 4) is 0 Å². The average molecular weight is 255 g/mol. The summed E-state index contributed by atoms with van der Waals surface area (Å²) in [7, 11) is 0. The van der Waals surface area contributed by atoms with Crippen LogP contribution in [-0.4, -0.2) is 16.0 Å². The molecule has 0 aliphatic rings. The Hall–Kier alpha value is -2.31. The molecule has 0 aliphatic carbocycles. The number of carbonyl (C=O) groups excluding carboxylic acids is 1. The number of hydrogen-bond donors (Lipinski definition) is 2. The van der Waals surface area contributed by atoms with Gasteiger partial charge in [-0.05, 0) is 24.3 Å². The van der Waals surface area contributed by atoms with Crippen LogP contribution < -0.4 is 5.73 Å². The standard InChI is InChI=1S/C11H8F3N3O/c12-11(13,14)6-1-2-7(8(15)5-6)10(18)9-3-4-16-17-9/h1-5H,15H2,(H,16,17). The summed E-state index contributed by atoms with van der Waals surface area (Å²) in [5, 5.41) is 6.02. The van der Waals surface area contributed by atoms with Gasteiger partial charge in [-0.3, -0.25) is 9.89 Å². The Kier molecular flexibility index (Phi) is 2.82. The van der Waals surface area contributed by atoms with Gasteiger partial charge in [-0.25, -0.2) is 0 Å². The van der Waals surface area contributed by atoms with Crippen molar-refractivity contribution in [2.24, 2.45) is 0 Å². The zero-order valence-corrected chi connectivity index (χ0v) is 8.95. The smallest absolute Gasteiger partial charge is 0.398 e. The molecule has 2 aromatic rings. The van der Waals surface area contributed by atoms with E-state index in [1.54, 1.807) is 0 Å². The second kappa shape index (κ2) is 4.17. The molecule has 0 bridgehead atoms. The highest BCUT2D eigenvalue weighted by atomic mass is 19.4. The summed E-state index contributed by atoms with van der Waals surface area (Å²) in [6.45, 7) is 0. The van der Waals surface area contributed by atoms with E-state index in [2.05, 4.69) is 10.2 Å². The van der Waals surface area contributed by atoms with Crippen LogP contribution in [0, 0.1) is 0 Å². The summed E-state index contributed by atoms with van der Waals surface area (Å²) in [6, 6.07) is 4.03. The Labute approximate surface area is 99.6 Å². The Morgan fingerprint density at radius 1 is 1.28 bits per heavy atom. The predicted octanol–water partition coefficient (Wildman–Crippen LogP) is 2.24. The highest BCUT2D eigenvalue weighted by Gasteiger charge is 2.31. The van der Waals surface area contributed by atoms with Crippen molar-refractivity contribution in [3.05, 3.63) is 47.3 Å². The number of alkyl halides is 3. The summed E-state index contributed by atoms with van der Waals surface area (Å²) in [6.07, 6.45) is -3.11. The fourth-order valence-corrected chi connectivity index (χ4v) is 1.47. The molecule has 0 unspecified atom stereocenters. The molecule has 94 valence electrons. The number of ketones is 1. The summed E-state index contributed by atoms with van der Waals surface area (Å²) in [5.74, 6) is -0.501. The molecule has 2 rings (SSSR count). The van der Waals surface area contributed by atoms with Crippen molar-refractivity contribution in [2.75, 3.05) is 5.73 Å². The van der Waals surface area contributed by atoms with Crippen LogP contribution in [0.15, 0.2) is 30.5 Å². The van der Waals surface area contributed by atoms with Crippen molar-refractivity contribution in [2.45, 2.75) is 6.18 Å². The first-order valence-corrected chi connectivity index (χ1v) is 4.90. The summed E-state index contributed by atoms with van der Waals surface area (Å²) in [5.41, 5.74) is 4.54. The monoisotopic (exact) mass is 255 g/mol. The summed E-state index contributed by atoms with van der Waals surface area (Å²) >= 11 is 0. The average Bonchev–Trinajstić information content (AvgIpc) is 2.80. The molecule has 4 nitrogen and oxygen atoms in total. The minimum absolute atomic E-state index is 0.00671. The van der Waals surface area contributed by atoms with E-state index in [0.717, 1.165) is 18.2 Å². The second-order valence-corrected chi connectivity index (χ2v) is 3.60. The van der Waals surface area contributed by atoms with Gasteiger partial charge >= 0.3 is 6.18 Å². The molecule has 0 radical (unpaired) electrons. The zero-order valence-electron chi connectivity index (χ0n) is 8.95. The lowest BCUT2D eigenvalue weighted by atomic mass is 10.0. The summed E-state index contributed by atoms with van der Waals surface area (Å²) < 4.78 is 37.3. The lowest BCUT2D eigenvalue weighted by Gasteiger charge is -2.09. The highest BCUT2D eigenvalue weighted by Crippen LogP contribution is 2.31. The van der Waals surface area contributed by atoms with E-state index in [-0.39, 0.29) is 16.9 Å². The maximum absolute atomic E-state index is 12.4. The SMILES string of the molecule is Nc1cc(C(F)(F)F)ccc1C(=O)c1ccn[nH]1. The van der Waals surface area contributed by atoms with Crippen molar-refractivity contribution in [3.63, 3.8) is 0 Å². The lowest BCUT2D eigenvalue weighted by Crippen LogP contribution is -2.10. The van der Waals surface area contributed by atoms with Gasteiger partial charge in [0.2, 0.25) is 5.78 Å². The summed E-state index contributed by atoms with van der Waals surface area (Å²) in [4.78, 5) is 11.9. The van der Waals surface area contributed by atoms with Gasteiger partial charge in [-0.1, -0.05) is 0 Å². The molecule has 0 aliphatic heterocycles. The number of carbonyl (C=O) groups is 1. The third-order valence-corrected chi connectivity index (χ3v) is 2.37. The number of aromatic amines is 1. The van der Waals surface area contributed by atoms with Crippen molar-refractivity contribution >= 4 is 11.5 Å². The van der Waals surface area contributed by atoms with E-state index < -0.39 is 17.5 Å². The highest BCUT2D eigenvalue weighted by molar-refractivity contribution is 6.10. The van der Waals surface area contributed by atoms with Crippen LogP contribution in [0.5, 0.6) is 0 Å². The molecule has 7 heteroatoms. The number of benzene rings is 1. The van der Waals surface area contributed by atoms with Crippen LogP contribution in [0.1, 0.15) is 21.6 Å². The zero-order chi connectivity index (χ0) is 13.3. The molecular weight excluding hydrogens is 247 g/mol. The first kappa shape index (κ1) is 12.2. The quantitative estimate of drug-likeness (QED) is 0.638. The van der Waals surface area contributed by atoms with Gasteiger partial charge in [0.1, 0.15) is 5.69 Å². The number of anilines is 1. The van der Waals surface area contributed by atoms with E-state index in [1.165, 1.54) is 12.3 Å². The maximum Gasteiger partial charge on any atom is 0.416 e. The number of halogens is 3. The normalized spacial score (nSPS) is 11.5. The molecule has 1 aromatic heterocycles. The molecule has 1 heterocycles. The Morgan fingerprint density at radius 2 is 2.00 bits per heavy atom. The van der Waals surface area contributed by atoms with E-state index in [4.69, 9.17) is 5.73 Å². The number of nitrogens with one attached hydrogen (secondary N) is 1. The van der Waals surface area contributed by atoms with Crippen LogP contribution in [0.25, 0.3) is 0 Å². The minimum atomic E-state index is -4.48. The fourth-order valence-electron chi connectivity index (χ4n) is 1.47. The molecule has 0 spiro atoms. The van der Waals surface area contributed by atoms with Gasteiger partial charge < -0.3 is 5.73 Å². The molecule has 0 amide bonds. The van der Waals surface area contributed by atoms with E-state index in [1.807, 2.05) is 0 Å². The lowest BCUT2D eigenvalue weighted by molar-refractivity contribution is -0.137. The van der Waals surface area contributed by atoms with E-state index >= 15 is 0 Å². The van der Waals surface area contributed by atoms with Crippen LogP contribution in [-0.2, 0) is 6.18 Å². The first-order valence-electron chi connectivity index (χ1n) is 4.90. The van der Waals surface area contributed by atoms with E-state index in [9.17, 15) is 18.0 Å². The van der Waals surface area contributed by atoms with Gasteiger partial charge in [0.25, 0.3) is 0 Å². The number of nitrogens with zero attached hydrogens (tertiary/aromatic N) is 1. The van der Waals surface area contributed by atoms with Gasteiger partial charge in [0, 0.05) is 17.4 Å². The molecule has 0 atom stereocenters. The Morgan fingerprint density at radius 3 is 2.50 bits per heavy atom. The fraction of sp³-hybridized carbons (Fsp3) is 0.0909. The first-order chi connectivity index (χ1) is 8.39. The third kappa shape index (κ3) is 2.20. The largest absolute Gasteiger partial charge is 0.416 e. The second-order valence-electron chi connectivity index (χ2n) is 3.60. The maximum atomic E-state index is 12.4. The Balaban J connectivity index is 2.40. The molecule has 0 saturated carbocycles. The van der Waals surface area contributed by atoms with Gasteiger partial charge in [-0.15, -0.1) is 0 Å². The third-order valence-electron chi connectivity index (χ3n) is 2.37.